The molecule has 1 saturated heterocycles. The van der Waals surface area contributed by atoms with Crippen LogP contribution in [0.25, 0.3) is 0 Å². The maximum Gasteiger partial charge on any atom is 0.340 e. The van der Waals surface area contributed by atoms with Crippen molar-refractivity contribution in [2.75, 3.05) is 13.1 Å². The number of aromatic amines is 2. The second kappa shape index (κ2) is 7.99. The van der Waals surface area contributed by atoms with Gasteiger partial charge in [-0.15, -0.1) is 0 Å². The lowest BCUT2D eigenvalue weighted by molar-refractivity contribution is -0.129. The van der Waals surface area contributed by atoms with E-state index in [9.17, 15) is 14.4 Å². The summed E-state index contributed by atoms with van der Waals surface area (Å²) in [4.78, 5) is 39.7. The number of nitrogens with one attached hydrogen (secondary N) is 3. The molecular formula is C18H23N5O3. The van der Waals surface area contributed by atoms with Crippen LogP contribution in [-0.2, 0) is 29.0 Å². The number of carbonyl (C=O) groups is 2. The van der Waals surface area contributed by atoms with E-state index in [1.807, 2.05) is 12.1 Å². The van der Waals surface area contributed by atoms with Gasteiger partial charge >= 0.3 is 5.69 Å². The highest BCUT2D eigenvalue weighted by Gasteiger charge is 2.34. The fourth-order valence-electron chi connectivity index (χ4n) is 3.07. The summed E-state index contributed by atoms with van der Waals surface area (Å²) in [6.45, 7) is 3.43. The number of rotatable bonds is 7. The van der Waals surface area contributed by atoms with Crippen molar-refractivity contribution in [2.45, 2.75) is 32.7 Å². The number of hydrogen-bond acceptors (Lipinski definition) is 4. The van der Waals surface area contributed by atoms with Gasteiger partial charge in [0, 0.05) is 32.5 Å². The third kappa shape index (κ3) is 4.38. The Kier molecular flexibility index (Phi) is 5.50. The lowest BCUT2D eigenvalue weighted by Crippen LogP contribution is -2.34. The van der Waals surface area contributed by atoms with E-state index >= 15 is 0 Å². The predicted molar refractivity (Wildman–Crippen MR) is 95.3 cm³/mol. The SMILES string of the molecule is CCc1ccc(CN2C[C@@H](C(=O)NCCc3n[nH]c(=O)[nH]3)CC2=O)cc1. The van der Waals surface area contributed by atoms with Crippen molar-refractivity contribution in [1.29, 1.82) is 0 Å². The van der Waals surface area contributed by atoms with Crippen molar-refractivity contribution < 1.29 is 9.59 Å². The van der Waals surface area contributed by atoms with Crippen LogP contribution in [0.1, 0.15) is 30.3 Å². The minimum atomic E-state index is -0.365. The van der Waals surface area contributed by atoms with Gasteiger partial charge in [0.1, 0.15) is 5.82 Å². The zero-order chi connectivity index (χ0) is 18.5. The highest BCUT2D eigenvalue weighted by molar-refractivity contribution is 5.89. The van der Waals surface area contributed by atoms with E-state index in [1.165, 1.54) is 5.56 Å². The Morgan fingerprint density at radius 2 is 2.00 bits per heavy atom. The molecule has 0 radical (unpaired) electrons. The van der Waals surface area contributed by atoms with Gasteiger partial charge in [-0.2, -0.15) is 5.10 Å². The lowest BCUT2D eigenvalue weighted by atomic mass is 10.1. The topological polar surface area (TPSA) is 111 Å². The van der Waals surface area contributed by atoms with E-state index in [0.29, 0.717) is 31.9 Å². The van der Waals surface area contributed by atoms with E-state index in [1.54, 1.807) is 4.90 Å². The average molecular weight is 357 g/mol. The van der Waals surface area contributed by atoms with E-state index in [0.717, 1.165) is 12.0 Å². The molecule has 8 nitrogen and oxygen atoms in total. The molecule has 1 fully saturated rings. The van der Waals surface area contributed by atoms with Crippen LogP contribution in [0, 0.1) is 5.92 Å². The number of hydrogen-bond donors (Lipinski definition) is 3. The zero-order valence-electron chi connectivity index (χ0n) is 14.7. The highest BCUT2D eigenvalue weighted by Crippen LogP contribution is 2.20. The van der Waals surface area contributed by atoms with Crippen molar-refractivity contribution in [3.63, 3.8) is 0 Å². The number of aryl methyl sites for hydroxylation is 1. The third-order valence-corrected chi connectivity index (χ3v) is 4.60. The standard InChI is InChI=1S/C18H23N5O3/c1-2-12-3-5-13(6-4-12)10-23-11-14(9-16(23)24)17(25)19-8-7-15-20-18(26)22-21-15/h3-6,14H,2,7-11H2,1H3,(H,19,25)(H2,20,21,22,26)/t14-/m0/s1. The first-order chi connectivity index (χ1) is 12.5. The molecule has 2 heterocycles. The number of H-pyrrole nitrogens is 2. The van der Waals surface area contributed by atoms with Crippen LogP contribution in [-0.4, -0.2) is 45.0 Å². The fraction of sp³-hybridized carbons (Fsp3) is 0.444. The fourth-order valence-corrected chi connectivity index (χ4v) is 3.07. The van der Waals surface area contributed by atoms with Gasteiger partial charge in [0.15, 0.2) is 0 Å². The molecular weight excluding hydrogens is 334 g/mol. The molecule has 1 aliphatic heterocycles. The van der Waals surface area contributed by atoms with E-state index in [4.69, 9.17) is 0 Å². The van der Waals surface area contributed by atoms with Gasteiger partial charge in [-0.25, -0.2) is 9.89 Å². The van der Waals surface area contributed by atoms with E-state index in [2.05, 4.69) is 39.6 Å². The summed E-state index contributed by atoms with van der Waals surface area (Å²) >= 11 is 0. The molecule has 3 N–H and O–H groups in total. The quantitative estimate of drug-likeness (QED) is 0.665. The Bertz CT molecular complexity index is 824. The minimum absolute atomic E-state index is 0.00125. The monoisotopic (exact) mass is 357 g/mol. The van der Waals surface area contributed by atoms with Gasteiger partial charge in [-0.05, 0) is 17.5 Å². The van der Waals surface area contributed by atoms with Crippen LogP contribution < -0.4 is 11.0 Å². The van der Waals surface area contributed by atoms with Crippen LogP contribution in [0.2, 0.25) is 0 Å². The smallest absolute Gasteiger partial charge is 0.340 e. The molecule has 2 aromatic rings. The normalized spacial score (nSPS) is 16.9. The lowest BCUT2D eigenvalue weighted by Gasteiger charge is -2.17. The van der Waals surface area contributed by atoms with Crippen LogP contribution in [0.5, 0.6) is 0 Å². The Morgan fingerprint density at radius 3 is 2.65 bits per heavy atom. The summed E-state index contributed by atoms with van der Waals surface area (Å²) in [6, 6.07) is 8.20. The number of benzene rings is 1. The Balaban J connectivity index is 1.48. The first-order valence-electron chi connectivity index (χ1n) is 8.82. The predicted octanol–water partition coefficient (Wildman–Crippen LogP) is 0.368. The van der Waals surface area contributed by atoms with Crippen molar-refractivity contribution in [3.05, 3.63) is 51.7 Å². The molecule has 8 heteroatoms. The summed E-state index contributed by atoms with van der Waals surface area (Å²) < 4.78 is 0. The van der Waals surface area contributed by atoms with Gasteiger partial charge in [0.25, 0.3) is 0 Å². The molecule has 0 bridgehead atoms. The van der Waals surface area contributed by atoms with Crippen LogP contribution >= 0.6 is 0 Å². The highest BCUT2D eigenvalue weighted by atomic mass is 16.2. The van der Waals surface area contributed by atoms with Crippen LogP contribution in [0.4, 0.5) is 0 Å². The maximum absolute atomic E-state index is 12.3. The zero-order valence-corrected chi connectivity index (χ0v) is 14.7. The summed E-state index contributed by atoms with van der Waals surface area (Å²) in [5, 5.41) is 8.87. The first-order valence-corrected chi connectivity index (χ1v) is 8.82. The van der Waals surface area contributed by atoms with Gasteiger partial charge in [-0.3, -0.25) is 14.6 Å². The maximum atomic E-state index is 12.3. The molecule has 2 amide bonds. The Labute approximate surface area is 151 Å². The van der Waals surface area contributed by atoms with Crippen molar-refractivity contribution in [3.8, 4) is 0 Å². The molecule has 1 atom stereocenters. The number of likely N-dealkylation sites (tertiary alicyclic amines) is 1. The molecule has 1 aromatic carbocycles. The Morgan fingerprint density at radius 1 is 1.27 bits per heavy atom. The summed E-state index contributed by atoms with van der Waals surface area (Å²) in [6.07, 6.45) is 1.65. The third-order valence-electron chi connectivity index (χ3n) is 4.60. The number of nitrogens with zero attached hydrogens (tertiary/aromatic N) is 2. The molecule has 1 aromatic heterocycles. The largest absolute Gasteiger partial charge is 0.355 e. The average Bonchev–Trinajstić information content (AvgIpc) is 3.21. The Hall–Kier alpha value is -2.90. The summed E-state index contributed by atoms with van der Waals surface area (Å²) in [7, 11) is 0. The molecule has 1 aliphatic rings. The molecule has 0 saturated carbocycles. The van der Waals surface area contributed by atoms with Crippen LogP contribution in [0.3, 0.4) is 0 Å². The second-order valence-electron chi connectivity index (χ2n) is 6.51. The molecule has 0 unspecified atom stereocenters. The van der Waals surface area contributed by atoms with Gasteiger partial charge in [0.2, 0.25) is 11.8 Å². The van der Waals surface area contributed by atoms with Gasteiger partial charge < -0.3 is 10.2 Å². The molecule has 3 rings (SSSR count). The van der Waals surface area contributed by atoms with Gasteiger partial charge in [0.05, 0.1) is 5.92 Å². The molecule has 26 heavy (non-hydrogen) atoms. The van der Waals surface area contributed by atoms with E-state index in [-0.39, 0.29) is 29.8 Å². The van der Waals surface area contributed by atoms with Crippen molar-refractivity contribution in [2.24, 2.45) is 5.92 Å². The molecule has 0 aliphatic carbocycles. The molecule has 138 valence electrons. The van der Waals surface area contributed by atoms with Crippen LogP contribution in [0.15, 0.2) is 29.1 Å². The second-order valence-corrected chi connectivity index (χ2v) is 6.51. The number of amides is 2. The number of carbonyl (C=O) groups excluding carboxylic acids is 2. The first kappa shape index (κ1) is 17.9. The summed E-state index contributed by atoms with van der Waals surface area (Å²) in [5.41, 5.74) is 1.96. The summed E-state index contributed by atoms with van der Waals surface area (Å²) in [5.74, 6) is 0.0204. The van der Waals surface area contributed by atoms with Crippen molar-refractivity contribution >= 4 is 11.8 Å². The number of aromatic nitrogens is 3. The minimum Gasteiger partial charge on any atom is -0.355 e. The van der Waals surface area contributed by atoms with Crippen molar-refractivity contribution in [1.82, 2.24) is 25.4 Å². The molecule has 0 spiro atoms. The van der Waals surface area contributed by atoms with E-state index < -0.39 is 0 Å². The van der Waals surface area contributed by atoms with Gasteiger partial charge in [-0.1, -0.05) is 31.2 Å².